The molecule has 0 fully saturated rings. The first-order chi connectivity index (χ1) is 9.52. The molecule has 3 nitrogen and oxygen atoms in total. The number of fused-ring (bicyclic) bond motifs is 1. The van der Waals surface area contributed by atoms with Crippen molar-refractivity contribution in [1.29, 1.82) is 0 Å². The summed E-state index contributed by atoms with van der Waals surface area (Å²) in [7, 11) is 2.06. The highest BCUT2D eigenvalue weighted by Crippen LogP contribution is 2.32. The number of nitrogens with two attached hydrogens (primary N) is 1. The van der Waals surface area contributed by atoms with Crippen molar-refractivity contribution in [3.63, 3.8) is 0 Å². The number of aryl methyl sites for hydroxylation is 1. The van der Waals surface area contributed by atoms with Crippen LogP contribution in [0.4, 0.5) is 11.4 Å². The average Bonchev–Trinajstić information content (AvgIpc) is 2.93. The fourth-order valence-electron chi connectivity index (χ4n) is 2.21. The maximum absolute atomic E-state index is 6.19. The Hall–Kier alpha value is -1.11. The number of benzene rings is 1. The van der Waals surface area contributed by atoms with Crippen molar-refractivity contribution >= 4 is 60.2 Å². The number of nitrogens with zero attached hydrogens (tertiary/aromatic N) is 2. The minimum Gasteiger partial charge on any atom is -0.397 e. The number of thiophene rings is 1. The molecule has 0 unspecified atom stereocenters. The molecule has 0 aliphatic heterocycles. The highest BCUT2D eigenvalue weighted by molar-refractivity contribution is 9.11. The first-order valence-corrected chi connectivity index (χ1v) is 8.62. The molecule has 0 aliphatic carbocycles. The van der Waals surface area contributed by atoms with Gasteiger partial charge in [-0.05, 0) is 52.0 Å². The number of hydrogen-bond acceptors (Lipinski definition) is 5. The SMILES string of the molecule is Cc1nc2cc(N(C)Cc3csc(Br)c3)c(N)cc2s1. The van der Waals surface area contributed by atoms with Gasteiger partial charge in [0.2, 0.25) is 0 Å². The molecule has 0 radical (unpaired) electrons. The molecule has 0 amide bonds. The molecule has 0 saturated carbocycles. The van der Waals surface area contributed by atoms with Crippen molar-refractivity contribution < 1.29 is 0 Å². The van der Waals surface area contributed by atoms with E-state index in [1.54, 1.807) is 22.7 Å². The van der Waals surface area contributed by atoms with E-state index < -0.39 is 0 Å². The van der Waals surface area contributed by atoms with E-state index in [4.69, 9.17) is 5.73 Å². The summed E-state index contributed by atoms with van der Waals surface area (Å²) < 4.78 is 2.30. The van der Waals surface area contributed by atoms with E-state index in [1.807, 2.05) is 13.0 Å². The molecule has 1 aromatic carbocycles. The zero-order valence-electron chi connectivity index (χ0n) is 11.2. The summed E-state index contributed by atoms with van der Waals surface area (Å²) in [6.07, 6.45) is 0. The van der Waals surface area contributed by atoms with Crippen LogP contribution in [0.15, 0.2) is 27.4 Å². The number of aromatic nitrogens is 1. The first kappa shape index (κ1) is 13.9. The van der Waals surface area contributed by atoms with E-state index in [1.165, 1.54) is 5.56 Å². The lowest BCUT2D eigenvalue weighted by atomic mass is 10.2. The van der Waals surface area contributed by atoms with Gasteiger partial charge in [0.15, 0.2) is 0 Å². The van der Waals surface area contributed by atoms with Crippen LogP contribution < -0.4 is 10.6 Å². The maximum Gasteiger partial charge on any atom is 0.0907 e. The number of hydrogen-bond donors (Lipinski definition) is 1. The molecule has 0 aliphatic rings. The Kier molecular flexibility index (Phi) is 3.70. The Balaban J connectivity index is 1.93. The standard InChI is InChI=1S/C14H14BrN3S2/c1-8-17-11-5-12(10(16)4-13(11)20-8)18(2)6-9-3-14(15)19-7-9/h3-5,7H,6,16H2,1-2H3. The van der Waals surface area contributed by atoms with Gasteiger partial charge in [-0.25, -0.2) is 4.98 Å². The number of anilines is 2. The molecule has 0 spiro atoms. The zero-order chi connectivity index (χ0) is 14.3. The molecule has 2 heterocycles. The predicted molar refractivity (Wildman–Crippen MR) is 92.9 cm³/mol. The second kappa shape index (κ2) is 5.35. The molecular formula is C14H14BrN3S2. The van der Waals surface area contributed by atoms with Gasteiger partial charge in [0.1, 0.15) is 0 Å². The van der Waals surface area contributed by atoms with Gasteiger partial charge in [0.25, 0.3) is 0 Å². The molecule has 104 valence electrons. The van der Waals surface area contributed by atoms with Crippen LogP contribution in [0.3, 0.4) is 0 Å². The van der Waals surface area contributed by atoms with Crippen LogP contribution in [0, 0.1) is 6.92 Å². The molecule has 6 heteroatoms. The molecular weight excluding hydrogens is 354 g/mol. The van der Waals surface area contributed by atoms with Gasteiger partial charge in [-0.15, -0.1) is 22.7 Å². The number of halogens is 1. The second-order valence-corrected chi connectivity index (χ2v) is 8.25. The number of rotatable bonds is 3. The van der Waals surface area contributed by atoms with E-state index in [9.17, 15) is 0 Å². The lowest BCUT2D eigenvalue weighted by molar-refractivity contribution is 0.930. The van der Waals surface area contributed by atoms with Crippen LogP contribution in [-0.4, -0.2) is 12.0 Å². The maximum atomic E-state index is 6.19. The summed E-state index contributed by atoms with van der Waals surface area (Å²) in [6.45, 7) is 2.86. The lowest BCUT2D eigenvalue weighted by Gasteiger charge is -2.20. The Morgan fingerprint density at radius 2 is 2.15 bits per heavy atom. The Morgan fingerprint density at radius 1 is 1.35 bits per heavy atom. The van der Waals surface area contributed by atoms with Crippen molar-refractivity contribution in [3.05, 3.63) is 37.9 Å². The van der Waals surface area contributed by atoms with Crippen LogP contribution in [0.2, 0.25) is 0 Å². The molecule has 3 rings (SSSR count). The van der Waals surface area contributed by atoms with E-state index in [0.29, 0.717) is 0 Å². The molecule has 2 N–H and O–H groups in total. The van der Waals surface area contributed by atoms with Crippen LogP contribution in [-0.2, 0) is 6.54 Å². The second-order valence-electron chi connectivity index (χ2n) is 4.73. The number of thiazole rings is 1. The normalized spacial score (nSPS) is 11.2. The van der Waals surface area contributed by atoms with Crippen molar-refractivity contribution in [3.8, 4) is 0 Å². The third-order valence-electron chi connectivity index (χ3n) is 3.10. The minimum absolute atomic E-state index is 0.804. The van der Waals surface area contributed by atoms with Gasteiger partial charge in [0.05, 0.1) is 30.4 Å². The lowest BCUT2D eigenvalue weighted by Crippen LogP contribution is -2.17. The largest absolute Gasteiger partial charge is 0.397 e. The monoisotopic (exact) mass is 367 g/mol. The highest BCUT2D eigenvalue weighted by Gasteiger charge is 2.11. The minimum atomic E-state index is 0.804. The van der Waals surface area contributed by atoms with Crippen molar-refractivity contribution in [2.45, 2.75) is 13.5 Å². The van der Waals surface area contributed by atoms with Crippen LogP contribution >= 0.6 is 38.6 Å². The van der Waals surface area contributed by atoms with Gasteiger partial charge >= 0.3 is 0 Å². The van der Waals surface area contributed by atoms with E-state index in [-0.39, 0.29) is 0 Å². The third kappa shape index (κ3) is 2.68. The molecule has 20 heavy (non-hydrogen) atoms. The average molecular weight is 368 g/mol. The summed E-state index contributed by atoms with van der Waals surface area (Å²) in [5.74, 6) is 0. The topological polar surface area (TPSA) is 42.2 Å². The van der Waals surface area contributed by atoms with Crippen LogP contribution in [0.25, 0.3) is 10.2 Å². The zero-order valence-corrected chi connectivity index (χ0v) is 14.4. The Bertz CT molecular complexity index is 763. The Morgan fingerprint density at radius 3 is 2.85 bits per heavy atom. The quantitative estimate of drug-likeness (QED) is 0.685. The molecule has 0 bridgehead atoms. The van der Waals surface area contributed by atoms with E-state index >= 15 is 0 Å². The summed E-state index contributed by atoms with van der Waals surface area (Å²) in [4.78, 5) is 6.70. The van der Waals surface area contributed by atoms with Crippen LogP contribution in [0.5, 0.6) is 0 Å². The van der Waals surface area contributed by atoms with Gasteiger partial charge in [-0.2, -0.15) is 0 Å². The van der Waals surface area contributed by atoms with Crippen molar-refractivity contribution in [2.75, 3.05) is 17.7 Å². The van der Waals surface area contributed by atoms with Gasteiger partial charge in [-0.1, -0.05) is 0 Å². The van der Waals surface area contributed by atoms with E-state index in [2.05, 4.69) is 50.4 Å². The highest BCUT2D eigenvalue weighted by atomic mass is 79.9. The van der Waals surface area contributed by atoms with E-state index in [0.717, 1.165) is 36.9 Å². The summed E-state index contributed by atoms with van der Waals surface area (Å²) in [6, 6.07) is 6.24. The summed E-state index contributed by atoms with van der Waals surface area (Å²) >= 11 is 6.87. The molecule has 2 aromatic heterocycles. The van der Waals surface area contributed by atoms with Crippen LogP contribution in [0.1, 0.15) is 10.6 Å². The molecule has 0 atom stereocenters. The smallest absolute Gasteiger partial charge is 0.0907 e. The van der Waals surface area contributed by atoms with Gasteiger partial charge in [0, 0.05) is 13.6 Å². The summed E-state index contributed by atoms with van der Waals surface area (Å²) in [5, 5.41) is 3.23. The Labute approximate surface area is 134 Å². The third-order valence-corrected chi connectivity index (χ3v) is 5.58. The van der Waals surface area contributed by atoms with Crippen molar-refractivity contribution in [1.82, 2.24) is 4.98 Å². The fourth-order valence-corrected chi connectivity index (χ4v) is 4.27. The number of nitrogen functional groups attached to an aromatic ring is 1. The van der Waals surface area contributed by atoms with Crippen molar-refractivity contribution in [2.24, 2.45) is 0 Å². The van der Waals surface area contributed by atoms with Gasteiger partial charge < -0.3 is 10.6 Å². The molecule has 0 saturated heterocycles. The predicted octanol–water partition coefficient (Wildman–Crippen LogP) is 4.65. The molecule has 3 aromatic rings. The fraction of sp³-hybridized carbons (Fsp3) is 0.214. The van der Waals surface area contributed by atoms with Gasteiger partial charge in [-0.3, -0.25) is 0 Å². The summed E-state index contributed by atoms with van der Waals surface area (Å²) in [5.41, 5.74) is 10.3. The first-order valence-electron chi connectivity index (χ1n) is 6.13.